The second-order valence-corrected chi connectivity index (χ2v) is 4.45. The minimum absolute atomic E-state index is 0.0669. The fourth-order valence-corrected chi connectivity index (χ4v) is 1.94. The average molecular weight is 277 g/mol. The second kappa shape index (κ2) is 5.82. The van der Waals surface area contributed by atoms with E-state index in [-0.39, 0.29) is 5.72 Å². The van der Waals surface area contributed by atoms with Crippen molar-refractivity contribution in [2.24, 2.45) is 0 Å². The molecule has 0 aliphatic heterocycles. The van der Waals surface area contributed by atoms with Crippen LogP contribution in [0.15, 0.2) is 60.7 Å². The van der Waals surface area contributed by atoms with Gasteiger partial charge in [-0.25, -0.2) is 15.0 Å². The van der Waals surface area contributed by atoms with Gasteiger partial charge in [-0.3, -0.25) is 0 Å². The van der Waals surface area contributed by atoms with Crippen molar-refractivity contribution in [1.29, 1.82) is 0 Å². The van der Waals surface area contributed by atoms with Gasteiger partial charge in [-0.1, -0.05) is 60.7 Å². The molecule has 3 rings (SSSR count). The molecule has 0 unspecified atom stereocenters. The molecule has 0 bridgehead atoms. The van der Waals surface area contributed by atoms with E-state index in [2.05, 4.69) is 15.0 Å². The first-order valence-electron chi connectivity index (χ1n) is 6.47. The summed E-state index contributed by atoms with van der Waals surface area (Å²) in [5.74, 6) is 0.820. The number of hydrogen-bond acceptors (Lipinski definition) is 5. The largest absolute Gasteiger partial charge is 0.528 e. The summed E-state index contributed by atoms with van der Waals surface area (Å²) < 4.78 is 0. The molecule has 102 valence electrons. The molecule has 0 radical (unpaired) electrons. The zero-order valence-electron chi connectivity index (χ0n) is 11.1. The lowest BCUT2D eigenvalue weighted by Crippen LogP contribution is -2.36. The molecule has 0 aliphatic rings. The summed E-state index contributed by atoms with van der Waals surface area (Å²) in [7, 11) is -1.74. The van der Waals surface area contributed by atoms with E-state index < -0.39 is 7.12 Å². The maximum atomic E-state index is 9.37. The molecule has 1 aromatic heterocycles. The van der Waals surface area contributed by atoms with Gasteiger partial charge in [0.1, 0.15) is 0 Å². The van der Waals surface area contributed by atoms with E-state index in [0.29, 0.717) is 11.6 Å². The number of hydrogen-bond donors (Lipinski definition) is 2. The molecule has 0 amide bonds. The molecule has 0 spiro atoms. The summed E-state index contributed by atoms with van der Waals surface area (Å²) >= 11 is 0. The Labute approximate surface area is 122 Å². The van der Waals surface area contributed by atoms with Gasteiger partial charge in [0.25, 0.3) is 0 Å². The van der Waals surface area contributed by atoms with E-state index in [1.807, 2.05) is 60.7 Å². The summed E-state index contributed by atoms with van der Waals surface area (Å²) in [6.07, 6.45) is 0. The SMILES string of the molecule is OB(O)c1nc(-c2ccccc2)nc(-c2ccccc2)n1. The molecule has 0 saturated heterocycles. The van der Waals surface area contributed by atoms with Gasteiger partial charge in [0.15, 0.2) is 17.4 Å². The van der Waals surface area contributed by atoms with Crippen LogP contribution in [0.5, 0.6) is 0 Å². The van der Waals surface area contributed by atoms with E-state index in [4.69, 9.17) is 0 Å². The Morgan fingerprint density at radius 3 is 1.43 bits per heavy atom. The Hall–Kier alpha value is -2.57. The van der Waals surface area contributed by atoms with Crippen molar-refractivity contribution in [3.63, 3.8) is 0 Å². The Morgan fingerprint density at radius 1 is 0.619 bits per heavy atom. The van der Waals surface area contributed by atoms with Crippen LogP contribution in [0, 0.1) is 0 Å². The molecule has 1 heterocycles. The Morgan fingerprint density at radius 2 is 1.05 bits per heavy atom. The quantitative estimate of drug-likeness (QED) is 0.695. The summed E-state index contributed by atoms with van der Waals surface area (Å²) in [6.45, 7) is 0. The molecule has 2 aromatic carbocycles. The van der Waals surface area contributed by atoms with Crippen molar-refractivity contribution in [3.8, 4) is 22.8 Å². The van der Waals surface area contributed by atoms with Crippen LogP contribution in [0.1, 0.15) is 0 Å². The van der Waals surface area contributed by atoms with Gasteiger partial charge in [0.05, 0.1) is 0 Å². The van der Waals surface area contributed by atoms with E-state index in [1.165, 1.54) is 0 Å². The number of nitrogens with zero attached hydrogens (tertiary/aromatic N) is 3. The highest BCUT2D eigenvalue weighted by Crippen LogP contribution is 2.17. The third-order valence-electron chi connectivity index (χ3n) is 2.95. The minimum atomic E-state index is -1.74. The molecule has 6 heteroatoms. The lowest BCUT2D eigenvalue weighted by Gasteiger charge is -2.07. The van der Waals surface area contributed by atoms with E-state index >= 15 is 0 Å². The van der Waals surface area contributed by atoms with Crippen molar-refractivity contribution in [3.05, 3.63) is 60.7 Å². The van der Waals surface area contributed by atoms with Gasteiger partial charge in [-0.2, -0.15) is 0 Å². The third-order valence-corrected chi connectivity index (χ3v) is 2.95. The number of rotatable bonds is 3. The normalized spacial score (nSPS) is 10.4. The minimum Gasteiger partial charge on any atom is -0.421 e. The second-order valence-electron chi connectivity index (χ2n) is 4.45. The molecule has 0 fully saturated rings. The van der Waals surface area contributed by atoms with Crippen LogP contribution in [-0.4, -0.2) is 32.1 Å². The molecule has 2 N–H and O–H groups in total. The van der Waals surface area contributed by atoms with Crippen molar-refractivity contribution in [2.75, 3.05) is 0 Å². The highest BCUT2D eigenvalue weighted by Gasteiger charge is 2.19. The first-order chi connectivity index (χ1) is 10.2. The topological polar surface area (TPSA) is 79.1 Å². The molecular weight excluding hydrogens is 265 g/mol. The summed E-state index contributed by atoms with van der Waals surface area (Å²) in [6, 6.07) is 18.7. The van der Waals surface area contributed by atoms with Crippen LogP contribution >= 0.6 is 0 Å². The Kier molecular flexibility index (Phi) is 3.72. The molecule has 0 saturated carbocycles. The van der Waals surface area contributed by atoms with Crippen LogP contribution in [0.2, 0.25) is 0 Å². The first kappa shape index (κ1) is 13.4. The monoisotopic (exact) mass is 277 g/mol. The zero-order chi connectivity index (χ0) is 14.7. The lowest BCUT2D eigenvalue weighted by molar-refractivity contribution is 0.422. The average Bonchev–Trinajstić information content (AvgIpc) is 2.56. The van der Waals surface area contributed by atoms with Gasteiger partial charge >= 0.3 is 7.12 Å². The summed E-state index contributed by atoms with van der Waals surface area (Å²) in [5, 5.41) is 18.7. The number of benzene rings is 2. The van der Waals surface area contributed by atoms with E-state index in [0.717, 1.165) is 11.1 Å². The maximum Gasteiger partial charge on any atom is 0.528 e. The summed E-state index contributed by atoms with van der Waals surface area (Å²) in [4.78, 5) is 12.6. The fraction of sp³-hybridized carbons (Fsp3) is 0. The van der Waals surface area contributed by atoms with Crippen LogP contribution in [0.4, 0.5) is 0 Å². The van der Waals surface area contributed by atoms with Crippen molar-refractivity contribution in [1.82, 2.24) is 15.0 Å². The Balaban J connectivity index is 2.16. The van der Waals surface area contributed by atoms with Crippen LogP contribution < -0.4 is 5.72 Å². The van der Waals surface area contributed by atoms with Crippen molar-refractivity contribution < 1.29 is 10.0 Å². The van der Waals surface area contributed by atoms with Gasteiger partial charge in [0, 0.05) is 11.1 Å². The molecule has 3 aromatic rings. The zero-order valence-corrected chi connectivity index (χ0v) is 11.1. The number of aromatic nitrogens is 3. The van der Waals surface area contributed by atoms with E-state index in [1.54, 1.807) is 0 Å². The van der Waals surface area contributed by atoms with Crippen LogP contribution in [0.3, 0.4) is 0 Å². The molecule has 0 atom stereocenters. The van der Waals surface area contributed by atoms with Crippen molar-refractivity contribution in [2.45, 2.75) is 0 Å². The first-order valence-corrected chi connectivity index (χ1v) is 6.47. The molecule has 5 nitrogen and oxygen atoms in total. The van der Waals surface area contributed by atoms with Crippen LogP contribution in [-0.2, 0) is 0 Å². The Bertz CT molecular complexity index is 679. The summed E-state index contributed by atoms with van der Waals surface area (Å²) in [5.41, 5.74) is 1.51. The third kappa shape index (κ3) is 2.96. The van der Waals surface area contributed by atoms with Crippen LogP contribution in [0.25, 0.3) is 22.8 Å². The standard InChI is InChI=1S/C15H12BN3O2/c20-16(21)15-18-13(11-7-3-1-4-8-11)17-14(19-15)12-9-5-2-6-10-12/h1-10,20-21H. The van der Waals surface area contributed by atoms with Crippen molar-refractivity contribution >= 4 is 12.8 Å². The molecular formula is C15H12BN3O2. The lowest BCUT2D eigenvalue weighted by atomic mass is 9.90. The van der Waals surface area contributed by atoms with Gasteiger partial charge in [0.2, 0.25) is 0 Å². The van der Waals surface area contributed by atoms with Gasteiger partial charge < -0.3 is 10.0 Å². The highest BCUT2D eigenvalue weighted by molar-refractivity contribution is 6.56. The fourth-order valence-electron chi connectivity index (χ4n) is 1.94. The van der Waals surface area contributed by atoms with Gasteiger partial charge in [-0.05, 0) is 0 Å². The predicted molar refractivity (Wildman–Crippen MR) is 80.5 cm³/mol. The predicted octanol–water partition coefficient (Wildman–Crippen LogP) is 0.885. The van der Waals surface area contributed by atoms with Gasteiger partial charge in [-0.15, -0.1) is 0 Å². The molecule has 21 heavy (non-hydrogen) atoms. The smallest absolute Gasteiger partial charge is 0.421 e. The maximum absolute atomic E-state index is 9.37. The van der Waals surface area contributed by atoms with E-state index in [9.17, 15) is 10.0 Å². The highest BCUT2D eigenvalue weighted by atomic mass is 16.4. The molecule has 0 aliphatic carbocycles.